The highest BCUT2D eigenvalue weighted by Gasteiger charge is 2.37. The van der Waals surface area contributed by atoms with Gasteiger partial charge < -0.3 is 5.32 Å². The van der Waals surface area contributed by atoms with Crippen LogP contribution in [0.1, 0.15) is 27.2 Å². The van der Waals surface area contributed by atoms with E-state index in [9.17, 15) is 8.42 Å². The van der Waals surface area contributed by atoms with Gasteiger partial charge in [0.25, 0.3) is 0 Å². The Morgan fingerprint density at radius 2 is 2.00 bits per heavy atom. The quantitative estimate of drug-likeness (QED) is 0.902. The van der Waals surface area contributed by atoms with Crippen LogP contribution in [0, 0.1) is 5.41 Å². The zero-order chi connectivity index (χ0) is 14.1. The van der Waals surface area contributed by atoms with E-state index in [1.807, 2.05) is 6.92 Å². The van der Waals surface area contributed by atoms with E-state index in [-0.39, 0.29) is 10.3 Å². The van der Waals surface area contributed by atoms with Crippen molar-refractivity contribution in [2.45, 2.75) is 32.1 Å². The van der Waals surface area contributed by atoms with Gasteiger partial charge in [0.15, 0.2) is 0 Å². The number of rotatable bonds is 4. The summed E-state index contributed by atoms with van der Waals surface area (Å²) in [5, 5.41) is 2.94. The average molecular weight is 284 g/mol. The first kappa shape index (κ1) is 14.2. The van der Waals surface area contributed by atoms with Crippen LogP contribution in [0.25, 0.3) is 0 Å². The Hall–Kier alpha value is -1.21. The van der Waals surface area contributed by atoms with E-state index < -0.39 is 10.0 Å². The molecule has 2 heterocycles. The lowest BCUT2D eigenvalue weighted by atomic mass is 9.93. The Bertz CT molecular complexity index is 539. The van der Waals surface area contributed by atoms with Gasteiger partial charge in [-0.25, -0.2) is 18.4 Å². The van der Waals surface area contributed by atoms with Crippen molar-refractivity contribution >= 4 is 16.0 Å². The first-order chi connectivity index (χ1) is 8.85. The molecule has 0 radical (unpaired) electrons. The molecule has 0 atom stereocenters. The number of hydrogen-bond acceptors (Lipinski definition) is 5. The zero-order valence-corrected chi connectivity index (χ0v) is 12.4. The second kappa shape index (κ2) is 5.05. The molecule has 0 aliphatic carbocycles. The lowest BCUT2D eigenvalue weighted by molar-refractivity contribution is 0.375. The molecule has 6 nitrogen and oxygen atoms in total. The van der Waals surface area contributed by atoms with E-state index in [2.05, 4.69) is 29.1 Å². The molecule has 1 aliphatic heterocycles. The number of nitrogens with one attached hydrogen (secondary N) is 1. The highest BCUT2D eigenvalue weighted by Crippen LogP contribution is 2.32. The topological polar surface area (TPSA) is 75.2 Å². The van der Waals surface area contributed by atoms with Crippen LogP contribution in [0.4, 0.5) is 5.95 Å². The van der Waals surface area contributed by atoms with Crippen LogP contribution in [0.2, 0.25) is 0 Å². The van der Waals surface area contributed by atoms with Gasteiger partial charge in [-0.3, -0.25) is 0 Å². The van der Waals surface area contributed by atoms with Gasteiger partial charge in [-0.1, -0.05) is 13.8 Å². The number of aromatic nitrogens is 2. The fraction of sp³-hybridized carbons (Fsp3) is 0.667. The van der Waals surface area contributed by atoms with Crippen LogP contribution in [-0.4, -0.2) is 42.3 Å². The summed E-state index contributed by atoms with van der Waals surface area (Å²) in [5.41, 5.74) is 0.0393. The van der Waals surface area contributed by atoms with E-state index in [4.69, 9.17) is 0 Å². The molecule has 1 aromatic heterocycles. The van der Waals surface area contributed by atoms with Crippen LogP contribution >= 0.6 is 0 Å². The Kier molecular flexibility index (Phi) is 3.78. The predicted octanol–water partition coefficient (Wildman–Crippen LogP) is 1.33. The SMILES string of the molecule is CCNc1ncc(S(=O)(=O)N2CCC(C)(C)C2)cn1. The predicted molar refractivity (Wildman–Crippen MR) is 73.4 cm³/mol. The Morgan fingerprint density at radius 3 is 2.47 bits per heavy atom. The van der Waals surface area contributed by atoms with Crippen molar-refractivity contribution < 1.29 is 8.42 Å². The summed E-state index contributed by atoms with van der Waals surface area (Å²) in [6.07, 6.45) is 3.61. The monoisotopic (exact) mass is 284 g/mol. The third-order valence-electron chi connectivity index (χ3n) is 3.24. The molecule has 2 rings (SSSR count). The molecular formula is C12H20N4O2S. The minimum atomic E-state index is -3.46. The smallest absolute Gasteiger partial charge is 0.246 e. The third-order valence-corrected chi connectivity index (χ3v) is 5.04. The fourth-order valence-corrected chi connectivity index (χ4v) is 3.64. The van der Waals surface area contributed by atoms with Gasteiger partial charge in [0, 0.05) is 19.6 Å². The Labute approximate surface area is 114 Å². The van der Waals surface area contributed by atoms with Gasteiger partial charge in [0.05, 0.1) is 12.4 Å². The fourth-order valence-electron chi connectivity index (χ4n) is 2.12. The second-order valence-electron chi connectivity index (χ2n) is 5.53. The zero-order valence-electron chi connectivity index (χ0n) is 11.5. The molecule has 1 N–H and O–H groups in total. The highest BCUT2D eigenvalue weighted by molar-refractivity contribution is 7.89. The molecule has 7 heteroatoms. The lowest BCUT2D eigenvalue weighted by Crippen LogP contribution is -2.30. The third kappa shape index (κ3) is 3.03. The molecule has 0 saturated carbocycles. The number of anilines is 1. The van der Waals surface area contributed by atoms with Gasteiger partial charge >= 0.3 is 0 Å². The van der Waals surface area contributed by atoms with Gasteiger partial charge in [-0.15, -0.1) is 0 Å². The summed E-state index contributed by atoms with van der Waals surface area (Å²) in [4.78, 5) is 8.19. The minimum Gasteiger partial charge on any atom is -0.355 e. The van der Waals surface area contributed by atoms with Crippen molar-refractivity contribution in [1.82, 2.24) is 14.3 Å². The van der Waals surface area contributed by atoms with E-state index in [0.717, 1.165) is 6.42 Å². The molecule has 1 saturated heterocycles. The molecule has 0 amide bonds. The van der Waals surface area contributed by atoms with Crippen molar-refractivity contribution in [2.75, 3.05) is 25.0 Å². The van der Waals surface area contributed by atoms with Crippen LogP contribution < -0.4 is 5.32 Å². The molecule has 106 valence electrons. The summed E-state index contributed by atoms with van der Waals surface area (Å²) in [7, 11) is -3.46. The molecule has 0 bridgehead atoms. The maximum atomic E-state index is 12.4. The average Bonchev–Trinajstić information content (AvgIpc) is 2.71. The van der Waals surface area contributed by atoms with E-state index in [1.165, 1.54) is 16.7 Å². The number of hydrogen-bond donors (Lipinski definition) is 1. The highest BCUT2D eigenvalue weighted by atomic mass is 32.2. The molecule has 1 aromatic rings. The van der Waals surface area contributed by atoms with Crippen LogP contribution in [0.5, 0.6) is 0 Å². The summed E-state index contributed by atoms with van der Waals surface area (Å²) < 4.78 is 26.3. The van der Waals surface area contributed by atoms with Crippen molar-refractivity contribution in [1.29, 1.82) is 0 Å². The van der Waals surface area contributed by atoms with Crippen molar-refractivity contribution in [2.24, 2.45) is 5.41 Å². The molecule has 19 heavy (non-hydrogen) atoms. The Morgan fingerprint density at radius 1 is 1.37 bits per heavy atom. The Balaban J connectivity index is 2.20. The van der Waals surface area contributed by atoms with Crippen molar-refractivity contribution in [3.05, 3.63) is 12.4 Å². The minimum absolute atomic E-state index is 0.0393. The molecule has 1 fully saturated rings. The van der Waals surface area contributed by atoms with Gasteiger partial charge in [-0.05, 0) is 18.8 Å². The standard InChI is InChI=1S/C12H20N4O2S/c1-4-13-11-14-7-10(8-15-11)19(17,18)16-6-5-12(2,3)9-16/h7-8H,4-6,9H2,1-3H3,(H,13,14,15). The maximum absolute atomic E-state index is 12.4. The van der Waals surface area contributed by atoms with E-state index in [0.29, 0.717) is 25.6 Å². The summed E-state index contributed by atoms with van der Waals surface area (Å²) >= 11 is 0. The van der Waals surface area contributed by atoms with E-state index in [1.54, 1.807) is 0 Å². The normalized spacial score (nSPS) is 19.5. The first-order valence-corrected chi connectivity index (χ1v) is 7.85. The summed E-state index contributed by atoms with van der Waals surface area (Å²) in [6.45, 7) is 7.89. The second-order valence-corrected chi connectivity index (χ2v) is 7.46. The number of sulfonamides is 1. The summed E-state index contributed by atoms with van der Waals surface area (Å²) in [5.74, 6) is 0.447. The lowest BCUT2D eigenvalue weighted by Gasteiger charge is -2.19. The molecule has 0 aromatic carbocycles. The number of nitrogens with zero attached hydrogens (tertiary/aromatic N) is 3. The largest absolute Gasteiger partial charge is 0.355 e. The van der Waals surface area contributed by atoms with Gasteiger partial charge in [0.2, 0.25) is 16.0 Å². The maximum Gasteiger partial charge on any atom is 0.246 e. The molecule has 0 spiro atoms. The van der Waals surface area contributed by atoms with Crippen molar-refractivity contribution in [3.63, 3.8) is 0 Å². The van der Waals surface area contributed by atoms with Crippen LogP contribution in [0.15, 0.2) is 17.3 Å². The van der Waals surface area contributed by atoms with Crippen molar-refractivity contribution in [3.8, 4) is 0 Å². The first-order valence-electron chi connectivity index (χ1n) is 6.41. The molecular weight excluding hydrogens is 264 g/mol. The van der Waals surface area contributed by atoms with Crippen LogP contribution in [0.3, 0.4) is 0 Å². The summed E-state index contributed by atoms with van der Waals surface area (Å²) in [6, 6.07) is 0. The van der Waals surface area contributed by atoms with Crippen LogP contribution in [-0.2, 0) is 10.0 Å². The molecule has 0 unspecified atom stereocenters. The van der Waals surface area contributed by atoms with E-state index >= 15 is 0 Å². The molecule has 1 aliphatic rings. The van der Waals surface area contributed by atoms with Gasteiger partial charge in [-0.2, -0.15) is 4.31 Å². The van der Waals surface area contributed by atoms with Gasteiger partial charge in [0.1, 0.15) is 4.90 Å².